The molecular weight excluding hydrogens is 556 g/mol. The largest absolute Gasteiger partial charge is 0.424 e. The summed E-state index contributed by atoms with van der Waals surface area (Å²) in [7, 11) is -4.59. The van der Waals surface area contributed by atoms with Crippen LogP contribution in [0.4, 0.5) is 13.2 Å². The Balaban J connectivity index is 1.69. The minimum absolute atomic E-state index is 0.263. The second-order valence-electron chi connectivity index (χ2n) is 10.5. The quantitative estimate of drug-likeness (QED) is 0.197. The molecule has 4 rings (SSSR count). The van der Waals surface area contributed by atoms with Gasteiger partial charge in [-0.3, -0.25) is 4.18 Å². The van der Waals surface area contributed by atoms with Crippen LogP contribution < -0.4 is 0 Å². The molecule has 3 aromatic carbocycles. The van der Waals surface area contributed by atoms with Crippen molar-refractivity contribution in [2.45, 2.75) is 55.6 Å². The topological polar surface area (TPSA) is 43.4 Å². The van der Waals surface area contributed by atoms with E-state index in [2.05, 4.69) is 0 Å². The van der Waals surface area contributed by atoms with Crippen molar-refractivity contribution < 1.29 is 25.8 Å². The Hall–Kier alpha value is -2.06. The zero-order valence-corrected chi connectivity index (χ0v) is 23.7. The molecule has 1 aliphatic carbocycles. The lowest BCUT2D eigenvalue weighted by molar-refractivity contribution is -0.161. The van der Waals surface area contributed by atoms with Crippen molar-refractivity contribution in [3.8, 4) is 11.1 Å². The average molecular weight is 586 g/mol. The van der Waals surface area contributed by atoms with Crippen LogP contribution in [0.15, 0.2) is 77.7 Å². The highest BCUT2D eigenvalue weighted by Crippen LogP contribution is 2.66. The molecule has 0 N–H and O–H groups in total. The first-order valence-corrected chi connectivity index (χ1v) is 14.3. The molecule has 3 aromatic rings. The predicted molar refractivity (Wildman–Crippen MR) is 145 cm³/mol. The Morgan fingerprint density at radius 2 is 1.53 bits per heavy atom. The molecule has 204 valence electrons. The van der Waals surface area contributed by atoms with E-state index < -0.39 is 38.1 Å². The SMILES string of the molecule is Cc1ccc(S(=O)(=O)OC(C2C(Cc3cccc(-c4ccccc4)c3C)C2(C)C)C(Cl)(Cl)C(F)(F)F)cc1. The van der Waals surface area contributed by atoms with Gasteiger partial charge in [-0.25, -0.2) is 0 Å². The minimum atomic E-state index is -5.13. The van der Waals surface area contributed by atoms with Gasteiger partial charge in [0.05, 0.1) is 4.90 Å². The molecule has 0 saturated heterocycles. The summed E-state index contributed by atoms with van der Waals surface area (Å²) in [5.41, 5.74) is 4.07. The van der Waals surface area contributed by atoms with E-state index in [0.717, 1.165) is 27.8 Å². The van der Waals surface area contributed by atoms with Gasteiger partial charge in [0.15, 0.2) is 0 Å². The van der Waals surface area contributed by atoms with Gasteiger partial charge in [-0.2, -0.15) is 21.6 Å². The number of aryl methyl sites for hydroxylation is 1. The molecule has 0 heterocycles. The third kappa shape index (κ3) is 5.48. The van der Waals surface area contributed by atoms with Gasteiger partial charge in [-0.1, -0.05) is 103 Å². The Bertz CT molecular complexity index is 1400. The highest BCUT2D eigenvalue weighted by molar-refractivity contribution is 7.86. The van der Waals surface area contributed by atoms with Crippen molar-refractivity contribution >= 4 is 33.3 Å². The van der Waals surface area contributed by atoms with Crippen molar-refractivity contribution in [2.75, 3.05) is 0 Å². The summed E-state index contributed by atoms with van der Waals surface area (Å²) in [4.78, 5) is -0.263. The molecule has 0 spiro atoms. The number of benzene rings is 3. The van der Waals surface area contributed by atoms with Crippen LogP contribution in [-0.4, -0.2) is 25.0 Å². The summed E-state index contributed by atoms with van der Waals surface area (Å²) in [6.45, 7) is 7.31. The van der Waals surface area contributed by atoms with Crippen LogP contribution in [0.5, 0.6) is 0 Å². The van der Waals surface area contributed by atoms with E-state index in [-0.39, 0.29) is 10.8 Å². The normalized spacial score (nSPS) is 20.2. The van der Waals surface area contributed by atoms with Gasteiger partial charge in [0, 0.05) is 0 Å². The van der Waals surface area contributed by atoms with Crippen LogP contribution in [-0.2, 0) is 20.7 Å². The minimum Gasteiger partial charge on any atom is -0.259 e. The lowest BCUT2D eigenvalue weighted by Gasteiger charge is -2.32. The van der Waals surface area contributed by atoms with Gasteiger partial charge in [-0.05, 0) is 71.9 Å². The van der Waals surface area contributed by atoms with Crippen LogP contribution in [0, 0.1) is 31.1 Å². The summed E-state index contributed by atoms with van der Waals surface area (Å²) < 4.78 is 70.2. The molecular formula is C29H29Cl2F3O3S. The molecule has 0 amide bonds. The fraction of sp³-hybridized carbons (Fsp3) is 0.379. The molecule has 1 aliphatic rings. The second-order valence-corrected chi connectivity index (χ2v) is 13.5. The van der Waals surface area contributed by atoms with Gasteiger partial charge in [-0.15, -0.1) is 0 Å². The lowest BCUT2D eigenvalue weighted by Crippen LogP contribution is -2.49. The van der Waals surface area contributed by atoms with E-state index in [4.69, 9.17) is 27.4 Å². The first kappa shape index (κ1) is 28.9. The van der Waals surface area contributed by atoms with Crippen LogP contribution in [0.3, 0.4) is 0 Å². The smallest absolute Gasteiger partial charge is 0.259 e. The Morgan fingerprint density at radius 3 is 2.11 bits per heavy atom. The fourth-order valence-electron chi connectivity index (χ4n) is 5.25. The third-order valence-electron chi connectivity index (χ3n) is 7.71. The maximum Gasteiger partial charge on any atom is 0.424 e. The van der Waals surface area contributed by atoms with E-state index >= 15 is 0 Å². The molecule has 38 heavy (non-hydrogen) atoms. The number of rotatable bonds is 8. The predicted octanol–water partition coefficient (Wildman–Crippen LogP) is 8.30. The van der Waals surface area contributed by atoms with Crippen molar-refractivity contribution in [2.24, 2.45) is 17.3 Å². The molecule has 3 atom stereocenters. The highest BCUT2D eigenvalue weighted by Gasteiger charge is 2.71. The number of hydrogen-bond donors (Lipinski definition) is 0. The second kappa shape index (κ2) is 10.2. The standard InChI is InChI=1S/C29H29Cl2F3O3S/c1-18-13-15-22(16-14-18)38(35,36)37-26(28(30,31)29(32,33)34)25-24(27(25,3)4)17-21-11-8-12-23(19(21)2)20-9-6-5-7-10-20/h5-16,24-26H,17H2,1-4H3. The van der Waals surface area contributed by atoms with Gasteiger partial charge >= 0.3 is 6.18 Å². The summed E-state index contributed by atoms with van der Waals surface area (Å²) in [5.74, 6) is -1.23. The van der Waals surface area contributed by atoms with Crippen LogP contribution in [0.2, 0.25) is 0 Å². The Kier molecular flexibility index (Phi) is 7.74. The van der Waals surface area contributed by atoms with E-state index in [1.807, 2.05) is 55.5 Å². The van der Waals surface area contributed by atoms with Crippen molar-refractivity contribution in [3.63, 3.8) is 0 Å². The molecule has 0 aliphatic heterocycles. The molecule has 3 nitrogen and oxygen atoms in total. The highest BCUT2D eigenvalue weighted by atomic mass is 35.5. The number of hydrogen-bond acceptors (Lipinski definition) is 3. The summed E-state index contributed by atoms with van der Waals surface area (Å²) in [6, 6.07) is 21.3. The average Bonchev–Trinajstić information content (AvgIpc) is 3.37. The number of alkyl halides is 5. The molecule has 1 fully saturated rings. The van der Waals surface area contributed by atoms with E-state index in [1.165, 1.54) is 24.3 Å². The van der Waals surface area contributed by atoms with Gasteiger partial charge in [0.1, 0.15) is 6.10 Å². The molecule has 1 saturated carbocycles. The summed E-state index contributed by atoms with van der Waals surface area (Å²) in [6.07, 6.45) is -6.76. The van der Waals surface area contributed by atoms with Crippen molar-refractivity contribution in [1.82, 2.24) is 0 Å². The first-order valence-electron chi connectivity index (χ1n) is 12.2. The van der Waals surface area contributed by atoms with Crippen molar-refractivity contribution in [3.05, 3.63) is 89.5 Å². The Morgan fingerprint density at radius 1 is 0.921 bits per heavy atom. The zero-order chi connectivity index (χ0) is 28.1. The first-order chi connectivity index (χ1) is 17.6. The Labute approximate surface area is 232 Å². The summed E-state index contributed by atoms with van der Waals surface area (Å²) in [5, 5.41) is 0. The molecule has 0 aromatic heterocycles. The monoisotopic (exact) mass is 584 g/mol. The molecule has 0 radical (unpaired) electrons. The third-order valence-corrected chi connectivity index (χ3v) is 9.88. The maximum atomic E-state index is 14.1. The zero-order valence-electron chi connectivity index (χ0n) is 21.4. The summed E-state index contributed by atoms with van der Waals surface area (Å²) >= 11 is 11.8. The fourth-order valence-corrected chi connectivity index (χ4v) is 6.84. The lowest BCUT2D eigenvalue weighted by atomic mass is 9.92. The molecule has 0 bridgehead atoms. The maximum absolute atomic E-state index is 14.1. The van der Waals surface area contributed by atoms with E-state index in [1.54, 1.807) is 20.8 Å². The number of halogens is 5. The van der Waals surface area contributed by atoms with E-state index in [0.29, 0.717) is 6.42 Å². The van der Waals surface area contributed by atoms with Crippen LogP contribution in [0.1, 0.15) is 30.5 Å². The van der Waals surface area contributed by atoms with Gasteiger partial charge < -0.3 is 0 Å². The van der Waals surface area contributed by atoms with E-state index in [9.17, 15) is 21.6 Å². The molecule has 3 unspecified atom stereocenters. The van der Waals surface area contributed by atoms with Crippen molar-refractivity contribution in [1.29, 1.82) is 0 Å². The van der Waals surface area contributed by atoms with Crippen LogP contribution in [0.25, 0.3) is 11.1 Å². The molecule has 9 heteroatoms. The van der Waals surface area contributed by atoms with Gasteiger partial charge in [0.2, 0.25) is 4.33 Å². The van der Waals surface area contributed by atoms with Gasteiger partial charge in [0.25, 0.3) is 10.1 Å². The van der Waals surface area contributed by atoms with Crippen LogP contribution >= 0.6 is 23.2 Å².